The first-order valence-corrected chi connectivity index (χ1v) is 6.96. The Balaban J connectivity index is 4.38. The van der Waals surface area contributed by atoms with E-state index in [1.807, 2.05) is 0 Å². The zero-order valence-corrected chi connectivity index (χ0v) is 12.7. The molecule has 0 aromatic carbocycles. The highest BCUT2D eigenvalue weighted by atomic mass is 16.5. The number of rotatable bonds is 10. The number of nitrogens with zero attached hydrogens (tertiary/aromatic N) is 1. The van der Waals surface area contributed by atoms with Crippen molar-refractivity contribution < 1.29 is 4.74 Å². The van der Waals surface area contributed by atoms with Crippen LogP contribution >= 0.6 is 0 Å². The van der Waals surface area contributed by atoms with Crippen molar-refractivity contribution >= 4 is 0 Å². The average Bonchev–Trinajstić information content (AvgIpc) is 2.33. The van der Waals surface area contributed by atoms with Crippen molar-refractivity contribution in [3.8, 4) is 0 Å². The molecule has 0 bridgehead atoms. The monoisotopic (exact) mass is 244 g/mol. The Kier molecular flexibility index (Phi) is 8.83. The van der Waals surface area contributed by atoms with Gasteiger partial charge in [0.05, 0.1) is 6.61 Å². The molecule has 3 nitrogen and oxygen atoms in total. The van der Waals surface area contributed by atoms with E-state index in [-0.39, 0.29) is 0 Å². The maximum absolute atomic E-state index is 5.26. The Labute approximate surface area is 108 Å². The van der Waals surface area contributed by atoms with E-state index in [0.29, 0.717) is 11.5 Å². The Morgan fingerprint density at radius 1 is 1.29 bits per heavy atom. The smallest absolute Gasteiger partial charge is 0.0615 e. The lowest BCUT2D eigenvalue weighted by Gasteiger charge is -2.37. The minimum absolute atomic E-state index is 0.355. The molecule has 0 amide bonds. The first-order chi connectivity index (χ1) is 8.02. The molecule has 3 heteroatoms. The van der Waals surface area contributed by atoms with Crippen molar-refractivity contribution in [2.24, 2.45) is 5.41 Å². The fraction of sp³-hybridized carbons (Fsp3) is 1.00. The molecule has 0 rings (SSSR count). The number of likely N-dealkylation sites (N-methyl/N-ethyl adjacent to an activating group) is 1. The van der Waals surface area contributed by atoms with Crippen LogP contribution in [0.25, 0.3) is 0 Å². The van der Waals surface area contributed by atoms with Crippen LogP contribution in [0.2, 0.25) is 0 Å². The Morgan fingerprint density at radius 2 is 1.94 bits per heavy atom. The summed E-state index contributed by atoms with van der Waals surface area (Å²) in [4.78, 5) is 2.52. The van der Waals surface area contributed by atoms with E-state index < -0.39 is 0 Å². The lowest BCUT2D eigenvalue weighted by molar-refractivity contribution is 0.0693. The largest absolute Gasteiger partial charge is 0.383 e. The number of hydrogen-bond acceptors (Lipinski definition) is 3. The summed E-state index contributed by atoms with van der Waals surface area (Å²) in [6.45, 7) is 16.5. The predicted molar refractivity (Wildman–Crippen MR) is 75.5 cm³/mol. The van der Waals surface area contributed by atoms with Gasteiger partial charge in [0, 0.05) is 26.2 Å². The van der Waals surface area contributed by atoms with Crippen molar-refractivity contribution in [3.63, 3.8) is 0 Å². The average molecular weight is 244 g/mol. The van der Waals surface area contributed by atoms with Crippen molar-refractivity contribution in [1.82, 2.24) is 10.2 Å². The standard InChI is InChI=1S/C14H32N2O/c1-7-14(5,11-15-8-2)12-16(9-3)13(4)10-17-6/h13,15H,7-12H2,1-6H3. The van der Waals surface area contributed by atoms with Crippen LogP contribution in [0, 0.1) is 5.41 Å². The summed E-state index contributed by atoms with van der Waals surface area (Å²) in [6.07, 6.45) is 1.20. The zero-order chi connectivity index (χ0) is 13.3. The molecular formula is C14H32N2O. The third kappa shape index (κ3) is 6.39. The maximum atomic E-state index is 5.26. The summed E-state index contributed by atoms with van der Waals surface area (Å²) in [7, 11) is 1.78. The second-order valence-electron chi connectivity index (χ2n) is 5.31. The van der Waals surface area contributed by atoms with Gasteiger partial charge in [0.25, 0.3) is 0 Å². The second-order valence-corrected chi connectivity index (χ2v) is 5.31. The normalized spacial score (nSPS) is 17.1. The van der Waals surface area contributed by atoms with E-state index in [1.54, 1.807) is 7.11 Å². The number of ether oxygens (including phenoxy) is 1. The molecule has 17 heavy (non-hydrogen) atoms. The molecule has 0 spiro atoms. The molecule has 1 N–H and O–H groups in total. The SMILES string of the molecule is CCNCC(C)(CC)CN(CC)C(C)COC. The van der Waals surface area contributed by atoms with Gasteiger partial charge in [-0.25, -0.2) is 0 Å². The highest BCUT2D eigenvalue weighted by Crippen LogP contribution is 2.22. The zero-order valence-electron chi connectivity index (χ0n) is 12.7. The van der Waals surface area contributed by atoms with Gasteiger partial charge in [0.15, 0.2) is 0 Å². The molecule has 0 aromatic heterocycles. The third-order valence-electron chi connectivity index (χ3n) is 3.68. The van der Waals surface area contributed by atoms with Crippen LogP contribution in [-0.4, -0.2) is 50.8 Å². The van der Waals surface area contributed by atoms with Crippen molar-refractivity contribution in [1.29, 1.82) is 0 Å². The van der Waals surface area contributed by atoms with Crippen LogP contribution in [0.3, 0.4) is 0 Å². The Hall–Kier alpha value is -0.120. The van der Waals surface area contributed by atoms with Crippen molar-refractivity contribution in [3.05, 3.63) is 0 Å². The molecule has 0 fully saturated rings. The lowest BCUT2D eigenvalue weighted by atomic mass is 9.86. The molecule has 0 aliphatic heterocycles. The molecule has 0 heterocycles. The van der Waals surface area contributed by atoms with Gasteiger partial charge in [0.2, 0.25) is 0 Å². The number of hydrogen-bond donors (Lipinski definition) is 1. The van der Waals surface area contributed by atoms with Gasteiger partial charge >= 0.3 is 0 Å². The molecule has 0 radical (unpaired) electrons. The highest BCUT2D eigenvalue weighted by molar-refractivity contribution is 4.81. The summed E-state index contributed by atoms with van der Waals surface area (Å²) in [5.74, 6) is 0. The van der Waals surface area contributed by atoms with Gasteiger partial charge in [0.1, 0.15) is 0 Å². The molecule has 104 valence electrons. The summed E-state index contributed by atoms with van der Waals surface area (Å²) in [6, 6.07) is 0.498. The lowest BCUT2D eigenvalue weighted by Crippen LogP contribution is -2.46. The molecular weight excluding hydrogens is 212 g/mol. The van der Waals surface area contributed by atoms with E-state index in [2.05, 4.69) is 44.8 Å². The van der Waals surface area contributed by atoms with Crippen LogP contribution in [0.15, 0.2) is 0 Å². The van der Waals surface area contributed by atoms with Crippen LogP contribution in [0.4, 0.5) is 0 Å². The van der Waals surface area contributed by atoms with Gasteiger partial charge < -0.3 is 10.1 Å². The first kappa shape index (κ1) is 16.9. The van der Waals surface area contributed by atoms with Gasteiger partial charge in [-0.2, -0.15) is 0 Å². The topological polar surface area (TPSA) is 24.5 Å². The molecule has 0 saturated heterocycles. The first-order valence-electron chi connectivity index (χ1n) is 6.96. The molecule has 0 saturated carbocycles. The van der Waals surface area contributed by atoms with Gasteiger partial charge in [-0.05, 0) is 31.8 Å². The number of nitrogens with one attached hydrogen (secondary N) is 1. The van der Waals surface area contributed by atoms with E-state index in [1.165, 1.54) is 6.42 Å². The van der Waals surface area contributed by atoms with Gasteiger partial charge in [-0.3, -0.25) is 4.90 Å². The molecule has 0 aliphatic rings. The third-order valence-corrected chi connectivity index (χ3v) is 3.68. The second kappa shape index (κ2) is 8.90. The number of methoxy groups -OCH3 is 1. The molecule has 0 aromatic rings. The molecule has 2 unspecified atom stereocenters. The van der Waals surface area contributed by atoms with Crippen LogP contribution in [0.5, 0.6) is 0 Å². The fourth-order valence-electron chi connectivity index (χ4n) is 2.14. The Bertz CT molecular complexity index is 187. The fourth-order valence-corrected chi connectivity index (χ4v) is 2.14. The quantitative estimate of drug-likeness (QED) is 0.638. The minimum atomic E-state index is 0.355. The van der Waals surface area contributed by atoms with Crippen LogP contribution in [0.1, 0.15) is 41.0 Å². The highest BCUT2D eigenvalue weighted by Gasteiger charge is 2.26. The van der Waals surface area contributed by atoms with Crippen molar-refractivity contribution in [2.75, 3.05) is 39.9 Å². The van der Waals surface area contributed by atoms with E-state index in [0.717, 1.165) is 32.8 Å². The summed E-state index contributed by atoms with van der Waals surface area (Å²) in [5.41, 5.74) is 0.355. The van der Waals surface area contributed by atoms with E-state index >= 15 is 0 Å². The van der Waals surface area contributed by atoms with E-state index in [9.17, 15) is 0 Å². The van der Waals surface area contributed by atoms with Gasteiger partial charge in [-0.15, -0.1) is 0 Å². The van der Waals surface area contributed by atoms with Crippen LogP contribution in [-0.2, 0) is 4.74 Å². The van der Waals surface area contributed by atoms with E-state index in [4.69, 9.17) is 4.74 Å². The Morgan fingerprint density at radius 3 is 2.35 bits per heavy atom. The van der Waals surface area contributed by atoms with Gasteiger partial charge in [-0.1, -0.05) is 27.7 Å². The predicted octanol–water partition coefficient (Wildman–Crippen LogP) is 2.37. The summed E-state index contributed by atoms with van der Waals surface area (Å²) >= 11 is 0. The molecule has 2 atom stereocenters. The maximum Gasteiger partial charge on any atom is 0.0615 e. The summed E-state index contributed by atoms with van der Waals surface area (Å²) < 4.78 is 5.26. The van der Waals surface area contributed by atoms with Crippen LogP contribution < -0.4 is 5.32 Å². The minimum Gasteiger partial charge on any atom is -0.383 e. The summed E-state index contributed by atoms with van der Waals surface area (Å²) in [5, 5.41) is 3.48. The molecule has 0 aliphatic carbocycles. The van der Waals surface area contributed by atoms with Crippen molar-refractivity contribution in [2.45, 2.75) is 47.1 Å².